The average Bonchev–Trinajstić information content (AvgIpc) is 3.00. The third-order valence-electron chi connectivity index (χ3n) is 4.12. The molecule has 3 aromatic rings. The van der Waals surface area contributed by atoms with Crippen molar-refractivity contribution in [3.05, 3.63) is 59.3 Å². The number of aliphatic hydroxyl groups excluding tert-OH is 1. The fourth-order valence-corrected chi connectivity index (χ4v) is 2.77. The van der Waals surface area contributed by atoms with E-state index in [1.54, 1.807) is 0 Å². The van der Waals surface area contributed by atoms with Crippen LogP contribution in [0.5, 0.6) is 5.75 Å². The van der Waals surface area contributed by atoms with Gasteiger partial charge >= 0.3 is 0 Å². The second kappa shape index (κ2) is 8.25. The summed E-state index contributed by atoms with van der Waals surface area (Å²) in [6.45, 7) is 2.82. The van der Waals surface area contributed by atoms with Crippen LogP contribution in [0.1, 0.15) is 11.3 Å². The van der Waals surface area contributed by atoms with E-state index in [0.29, 0.717) is 30.8 Å². The van der Waals surface area contributed by atoms with Crippen LogP contribution in [-0.2, 0) is 6.42 Å². The van der Waals surface area contributed by atoms with Crippen LogP contribution in [0.15, 0.2) is 36.4 Å². The van der Waals surface area contributed by atoms with Gasteiger partial charge < -0.3 is 15.2 Å². The Morgan fingerprint density at radius 2 is 2.12 bits per heavy atom. The van der Waals surface area contributed by atoms with E-state index >= 15 is 0 Å². The predicted octanol–water partition coefficient (Wildman–Crippen LogP) is 2.72. The normalized spacial score (nSPS) is 12.5. The first-order valence-electron chi connectivity index (χ1n) is 8.44. The Morgan fingerprint density at radius 3 is 2.92 bits per heavy atom. The molecule has 2 aromatic carbocycles. The van der Waals surface area contributed by atoms with Crippen LogP contribution in [0.4, 0.5) is 8.78 Å². The molecule has 138 valence electrons. The molecule has 0 aliphatic heterocycles. The number of hydrogen-bond acceptors (Lipinski definition) is 4. The van der Waals surface area contributed by atoms with Crippen LogP contribution in [0, 0.1) is 18.6 Å². The number of ether oxygens (including phenoxy) is 1. The second-order valence-electron chi connectivity index (χ2n) is 6.15. The summed E-state index contributed by atoms with van der Waals surface area (Å²) in [5, 5.41) is 21.1. The highest BCUT2D eigenvalue weighted by Crippen LogP contribution is 2.26. The minimum absolute atomic E-state index is 0.127. The van der Waals surface area contributed by atoms with Gasteiger partial charge in [0, 0.05) is 18.3 Å². The van der Waals surface area contributed by atoms with E-state index in [9.17, 15) is 13.9 Å². The first-order chi connectivity index (χ1) is 12.5. The van der Waals surface area contributed by atoms with Crippen molar-refractivity contribution in [1.29, 1.82) is 0 Å². The molecule has 1 atom stereocenters. The predicted molar refractivity (Wildman–Crippen MR) is 95.3 cm³/mol. The first kappa shape index (κ1) is 18.3. The Bertz CT molecular complexity index is 882. The van der Waals surface area contributed by atoms with Gasteiger partial charge in [0.05, 0.1) is 10.9 Å². The van der Waals surface area contributed by atoms with Crippen molar-refractivity contribution in [3.8, 4) is 5.75 Å². The molecule has 0 saturated carbocycles. The van der Waals surface area contributed by atoms with Gasteiger partial charge in [0.2, 0.25) is 0 Å². The Labute approximate surface area is 150 Å². The van der Waals surface area contributed by atoms with Crippen molar-refractivity contribution in [1.82, 2.24) is 15.5 Å². The second-order valence-corrected chi connectivity index (χ2v) is 6.15. The fraction of sp³-hybridized carbons (Fsp3) is 0.316. The van der Waals surface area contributed by atoms with E-state index in [1.807, 2.05) is 25.1 Å². The third kappa shape index (κ3) is 4.36. The molecule has 0 saturated heterocycles. The van der Waals surface area contributed by atoms with Crippen LogP contribution in [0.25, 0.3) is 10.9 Å². The number of H-pyrrole nitrogens is 1. The molecule has 0 amide bonds. The van der Waals surface area contributed by atoms with Gasteiger partial charge in [-0.15, -0.1) is 0 Å². The molecule has 0 radical (unpaired) electrons. The summed E-state index contributed by atoms with van der Waals surface area (Å²) in [7, 11) is 0. The Morgan fingerprint density at radius 1 is 1.27 bits per heavy atom. The zero-order chi connectivity index (χ0) is 18.5. The minimum atomic E-state index is -0.712. The van der Waals surface area contributed by atoms with E-state index < -0.39 is 17.7 Å². The van der Waals surface area contributed by atoms with Gasteiger partial charge in [0.1, 0.15) is 30.1 Å². The molecule has 1 heterocycles. The minimum Gasteiger partial charge on any atom is -0.490 e. The molecule has 0 aliphatic rings. The number of halogens is 2. The van der Waals surface area contributed by atoms with Gasteiger partial charge in [0.25, 0.3) is 0 Å². The Kier molecular flexibility index (Phi) is 5.80. The number of rotatable bonds is 8. The summed E-state index contributed by atoms with van der Waals surface area (Å²) in [6.07, 6.45) is -0.303. The number of aryl methyl sites for hydroxylation is 1. The number of benzene rings is 2. The molecule has 3 N–H and O–H groups in total. The maximum atomic E-state index is 13.5. The number of nitrogens with zero attached hydrogens (tertiary/aromatic N) is 1. The smallest absolute Gasteiger partial charge is 0.130 e. The lowest BCUT2D eigenvalue weighted by Gasteiger charge is -2.14. The highest BCUT2D eigenvalue weighted by Gasteiger charge is 2.11. The van der Waals surface area contributed by atoms with Crippen molar-refractivity contribution in [3.63, 3.8) is 0 Å². The molecule has 7 heteroatoms. The molecular weight excluding hydrogens is 340 g/mol. The van der Waals surface area contributed by atoms with Crippen molar-refractivity contribution < 1.29 is 18.6 Å². The maximum Gasteiger partial charge on any atom is 0.130 e. The fourth-order valence-electron chi connectivity index (χ4n) is 2.77. The largest absolute Gasteiger partial charge is 0.490 e. The standard InChI is InChI=1S/C19H21F2N3O2/c1-12-19-17(24-23-12)3-2-4-18(19)26-11-15(25)10-22-8-7-13-5-6-14(20)9-16(13)21/h2-6,9,15,22,25H,7-8,10-11H2,1H3,(H,23,24)/t15-/m0/s1. The molecule has 5 nitrogen and oxygen atoms in total. The zero-order valence-electron chi connectivity index (χ0n) is 14.4. The topological polar surface area (TPSA) is 70.2 Å². The summed E-state index contributed by atoms with van der Waals surface area (Å²) >= 11 is 0. The molecule has 26 heavy (non-hydrogen) atoms. The van der Waals surface area contributed by atoms with Gasteiger partial charge in [-0.25, -0.2) is 8.78 Å². The molecule has 0 unspecified atom stereocenters. The monoisotopic (exact) mass is 361 g/mol. The van der Waals surface area contributed by atoms with E-state index in [0.717, 1.165) is 22.7 Å². The molecule has 0 bridgehead atoms. The van der Waals surface area contributed by atoms with E-state index in [1.165, 1.54) is 12.1 Å². The molecule has 0 fully saturated rings. The quantitative estimate of drug-likeness (QED) is 0.540. The van der Waals surface area contributed by atoms with Crippen LogP contribution in [0.3, 0.4) is 0 Å². The zero-order valence-corrected chi connectivity index (χ0v) is 14.4. The summed E-state index contributed by atoms with van der Waals surface area (Å²) in [6, 6.07) is 9.11. The lowest BCUT2D eigenvalue weighted by atomic mass is 10.1. The van der Waals surface area contributed by atoms with E-state index in [-0.39, 0.29) is 6.61 Å². The summed E-state index contributed by atoms with van der Waals surface area (Å²) in [5.74, 6) is -0.477. The van der Waals surface area contributed by atoms with Crippen molar-refractivity contribution in [2.24, 2.45) is 0 Å². The average molecular weight is 361 g/mol. The van der Waals surface area contributed by atoms with Gasteiger partial charge in [-0.2, -0.15) is 5.10 Å². The van der Waals surface area contributed by atoms with Gasteiger partial charge in [0.15, 0.2) is 0 Å². The van der Waals surface area contributed by atoms with Crippen molar-refractivity contribution in [2.75, 3.05) is 19.7 Å². The summed E-state index contributed by atoms with van der Waals surface area (Å²) < 4.78 is 32.1. The number of aromatic nitrogens is 2. The highest BCUT2D eigenvalue weighted by molar-refractivity contribution is 5.87. The molecular formula is C19H21F2N3O2. The number of aromatic amines is 1. The van der Waals surface area contributed by atoms with Crippen LogP contribution in [-0.4, -0.2) is 41.1 Å². The van der Waals surface area contributed by atoms with E-state index in [2.05, 4.69) is 15.5 Å². The van der Waals surface area contributed by atoms with Crippen molar-refractivity contribution in [2.45, 2.75) is 19.4 Å². The number of fused-ring (bicyclic) bond motifs is 1. The highest BCUT2D eigenvalue weighted by atomic mass is 19.1. The van der Waals surface area contributed by atoms with Gasteiger partial charge in [-0.1, -0.05) is 12.1 Å². The number of hydrogen-bond donors (Lipinski definition) is 3. The molecule has 0 spiro atoms. The van der Waals surface area contributed by atoms with Crippen LogP contribution >= 0.6 is 0 Å². The first-order valence-corrected chi connectivity index (χ1v) is 8.44. The van der Waals surface area contributed by atoms with Gasteiger partial charge in [-0.3, -0.25) is 5.10 Å². The van der Waals surface area contributed by atoms with Crippen molar-refractivity contribution >= 4 is 10.9 Å². The van der Waals surface area contributed by atoms with E-state index in [4.69, 9.17) is 4.74 Å². The Hall–Kier alpha value is -2.51. The third-order valence-corrected chi connectivity index (χ3v) is 4.12. The molecule has 1 aromatic heterocycles. The lowest BCUT2D eigenvalue weighted by molar-refractivity contribution is 0.107. The molecule has 0 aliphatic carbocycles. The lowest BCUT2D eigenvalue weighted by Crippen LogP contribution is -2.32. The summed E-state index contributed by atoms with van der Waals surface area (Å²) in [5.41, 5.74) is 2.16. The SMILES string of the molecule is Cc1[nH]nc2cccc(OC[C@@H](O)CNCCc3ccc(F)cc3F)c12. The Balaban J connectivity index is 1.44. The maximum absolute atomic E-state index is 13.5. The molecule has 3 rings (SSSR count). The van der Waals surface area contributed by atoms with Crippen LogP contribution in [0.2, 0.25) is 0 Å². The van der Waals surface area contributed by atoms with Crippen LogP contribution < -0.4 is 10.1 Å². The number of nitrogens with one attached hydrogen (secondary N) is 2. The number of aliphatic hydroxyl groups is 1. The van der Waals surface area contributed by atoms with Gasteiger partial charge in [-0.05, 0) is 43.7 Å². The summed E-state index contributed by atoms with van der Waals surface area (Å²) in [4.78, 5) is 0.